The Kier molecular flexibility index (Phi) is 6.42. The number of amides is 1. The van der Waals surface area contributed by atoms with Gasteiger partial charge in [-0.05, 0) is 31.5 Å². The first-order valence-electron chi connectivity index (χ1n) is 8.35. The molecule has 2 aromatic rings. The molecule has 0 aliphatic heterocycles. The van der Waals surface area contributed by atoms with E-state index in [-0.39, 0.29) is 12.1 Å². The molecule has 9 heteroatoms. The van der Waals surface area contributed by atoms with Crippen LogP contribution in [0.15, 0.2) is 42.5 Å². The van der Waals surface area contributed by atoms with Crippen LogP contribution in [0.1, 0.15) is 22.8 Å². The SMILES string of the molecule is CCN(CCNC(=O)c1cc([N+](=O)[O-])cc([N+](=O)[O-])c1)c1cccc(C)c1. The van der Waals surface area contributed by atoms with Gasteiger partial charge in [-0.3, -0.25) is 25.0 Å². The minimum atomic E-state index is -0.764. The first-order chi connectivity index (χ1) is 12.8. The Morgan fingerprint density at radius 3 is 2.22 bits per heavy atom. The van der Waals surface area contributed by atoms with Gasteiger partial charge in [0.2, 0.25) is 0 Å². The number of carbonyl (C=O) groups is 1. The first-order valence-corrected chi connectivity index (χ1v) is 8.35. The molecule has 27 heavy (non-hydrogen) atoms. The normalized spacial score (nSPS) is 10.3. The van der Waals surface area contributed by atoms with Gasteiger partial charge in [0.25, 0.3) is 17.3 Å². The molecule has 142 valence electrons. The minimum Gasteiger partial charge on any atom is -0.370 e. The molecule has 0 radical (unpaired) electrons. The summed E-state index contributed by atoms with van der Waals surface area (Å²) in [7, 11) is 0. The number of aryl methyl sites for hydroxylation is 1. The van der Waals surface area contributed by atoms with E-state index in [9.17, 15) is 25.0 Å². The number of nitrogens with one attached hydrogen (secondary N) is 1. The van der Waals surface area contributed by atoms with Crippen LogP contribution >= 0.6 is 0 Å². The molecule has 0 bridgehead atoms. The lowest BCUT2D eigenvalue weighted by molar-refractivity contribution is -0.394. The second kappa shape index (κ2) is 8.75. The summed E-state index contributed by atoms with van der Waals surface area (Å²) in [5.74, 6) is -0.595. The molecule has 2 aromatic carbocycles. The van der Waals surface area contributed by atoms with E-state index >= 15 is 0 Å². The van der Waals surface area contributed by atoms with Crippen molar-refractivity contribution >= 4 is 23.0 Å². The maximum atomic E-state index is 12.3. The maximum Gasteiger partial charge on any atom is 0.277 e. The number of benzene rings is 2. The summed E-state index contributed by atoms with van der Waals surface area (Å²) in [5, 5.41) is 24.5. The zero-order chi connectivity index (χ0) is 20.0. The van der Waals surface area contributed by atoms with E-state index in [0.29, 0.717) is 6.54 Å². The summed E-state index contributed by atoms with van der Waals surface area (Å²) in [5.41, 5.74) is 1.04. The molecule has 0 saturated carbocycles. The Balaban J connectivity index is 2.06. The van der Waals surface area contributed by atoms with E-state index < -0.39 is 27.1 Å². The number of carbonyl (C=O) groups excluding carboxylic acids is 1. The predicted octanol–water partition coefficient (Wildman–Crippen LogP) is 3.07. The largest absolute Gasteiger partial charge is 0.370 e. The molecule has 0 heterocycles. The van der Waals surface area contributed by atoms with Crippen molar-refractivity contribution in [3.8, 4) is 0 Å². The van der Waals surface area contributed by atoms with E-state index in [1.165, 1.54) is 0 Å². The monoisotopic (exact) mass is 372 g/mol. The average Bonchev–Trinajstić information content (AvgIpc) is 2.64. The van der Waals surface area contributed by atoms with Gasteiger partial charge in [0.05, 0.1) is 21.5 Å². The molecule has 0 fully saturated rings. The standard InChI is InChI=1S/C18H20N4O5/c1-3-20(15-6-4-5-13(2)9-15)8-7-19-18(23)14-10-16(21(24)25)12-17(11-14)22(26)27/h4-6,9-12H,3,7-8H2,1-2H3,(H,19,23). The third-order valence-corrected chi connectivity index (χ3v) is 4.00. The van der Waals surface area contributed by atoms with E-state index in [1.54, 1.807) is 0 Å². The van der Waals surface area contributed by atoms with Crippen molar-refractivity contribution in [3.63, 3.8) is 0 Å². The van der Waals surface area contributed by atoms with Crippen LogP contribution in [0.4, 0.5) is 17.1 Å². The third-order valence-electron chi connectivity index (χ3n) is 4.00. The van der Waals surface area contributed by atoms with Crippen molar-refractivity contribution in [1.82, 2.24) is 5.32 Å². The minimum absolute atomic E-state index is 0.116. The molecule has 0 aromatic heterocycles. The number of non-ortho nitro benzene ring substituents is 2. The van der Waals surface area contributed by atoms with Gasteiger partial charge in [0.15, 0.2) is 0 Å². The summed E-state index contributed by atoms with van der Waals surface area (Å²) >= 11 is 0. The van der Waals surface area contributed by atoms with Gasteiger partial charge in [-0.2, -0.15) is 0 Å². The van der Waals surface area contributed by atoms with Crippen LogP contribution in [0.5, 0.6) is 0 Å². The Labute approximate surface area is 155 Å². The Morgan fingerprint density at radius 2 is 1.70 bits per heavy atom. The van der Waals surface area contributed by atoms with E-state index in [0.717, 1.165) is 36.0 Å². The molecule has 0 saturated heterocycles. The van der Waals surface area contributed by atoms with Crippen LogP contribution in [-0.2, 0) is 0 Å². The molecular weight excluding hydrogens is 352 g/mol. The number of nitrogens with zero attached hydrogens (tertiary/aromatic N) is 3. The predicted molar refractivity (Wildman–Crippen MR) is 101 cm³/mol. The second-order valence-corrected chi connectivity index (χ2v) is 5.93. The van der Waals surface area contributed by atoms with Crippen LogP contribution < -0.4 is 10.2 Å². The molecule has 1 N–H and O–H groups in total. The van der Waals surface area contributed by atoms with Gasteiger partial charge < -0.3 is 10.2 Å². The fourth-order valence-corrected chi connectivity index (χ4v) is 2.64. The first kappa shape index (κ1) is 19.8. The van der Waals surface area contributed by atoms with Gasteiger partial charge in [0, 0.05) is 37.5 Å². The highest BCUT2D eigenvalue weighted by molar-refractivity contribution is 5.95. The fraction of sp³-hybridized carbons (Fsp3) is 0.278. The molecule has 1 amide bonds. The topological polar surface area (TPSA) is 119 Å². The highest BCUT2D eigenvalue weighted by atomic mass is 16.6. The summed E-state index contributed by atoms with van der Waals surface area (Å²) in [6.45, 7) is 5.55. The van der Waals surface area contributed by atoms with Crippen LogP contribution in [0.3, 0.4) is 0 Å². The average molecular weight is 372 g/mol. The third kappa shape index (κ3) is 5.24. The number of nitro benzene ring substituents is 2. The molecule has 0 aliphatic carbocycles. The molecule has 0 aliphatic rings. The van der Waals surface area contributed by atoms with Crippen molar-refractivity contribution in [1.29, 1.82) is 0 Å². The van der Waals surface area contributed by atoms with E-state index in [4.69, 9.17) is 0 Å². The lowest BCUT2D eigenvalue weighted by Crippen LogP contribution is -2.35. The fourth-order valence-electron chi connectivity index (χ4n) is 2.64. The van der Waals surface area contributed by atoms with Crippen LogP contribution in [-0.4, -0.2) is 35.4 Å². The summed E-state index contributed by atoms with van der Waals surface area (Å²) < 4.78 is 0. The van der Waals surface area contributed by atoms with Crippen molar-refractivity contribution in [3.05, 3.63) is 73.8 Å². The van der Waals surface area contributed by atoms with Crippen molar-refractivity contribution in [2.45, 2.75) is 13.8 Å². The summed E-state index contributed by atoms with van der Waals surface area (Å²) in [4.78, 5) is 34.7. The lowest BCUT2D eigenvalue weighted by atomic mass is 10.1. The van der Waals surface area contributed by atoms with Crippen molar-refractivity contribution in [2.75, 3.05) is 24.5 Å². The molecule has 9 nitrogen and oxygen atoms in total. The van der Waals surface area contributed by atoms with Crippen LogP contribution in [0, 0.1) is 27.2 Å². The number of nitro groups is 2. The molecular formula is C18H20N4O5. The van der Waals surface area contributed by atoms with Gasteiger partial charge in [-0.1, -0.05) is 12.1 Å². The van der Waals surface area contributed by atoms with Gasteiger partial charge in [-0.15, -0.1) is 0 Å². The number of anilines is 1. The van der Waals surface area contributed by atoms with Gasteiger partial charge in [-0.25, -0.2) is 0 Å². The van der Waals surface area contributed by atoms with Gasteiger partial charge >= 0.3 is 0 Å². The van der Waals surface area contributed by atoms with Crippen molar-refractivity contribution in [2.24, 2.45) is 0 Å². The maximum absolute atomic E-state index is 12.3. The zero-order valence-electron chi connectivity index (χ0n) is 15.0. The summed E-state index contributed by atoms with van der Waals surface area (Å²) in [6, 6.07) is 10.8. The highest BCUT2D eigenvalue weighted by Crippen LogP contribution is 2.22. The quantitative estimate of drug-likeness (QED) is 0.562. The Morgan fingerprint density at radius 1 is 1.07 bits per heavy atom. The smallest absolute Gasteiger partial charge is 0.277 e. The zero-order valence-corrected chi connectivity index (χ0v) is 15.0. The molecule has 0 unspecified atom stereocenters. The molecule has 2 rings (SSSR count). The number of hydrogen-bond acceptors (Lipinski definition) is 6. The van der Waals surface area contributed by atoms with Crippen LogP contribution in [0.2, 0.25) is 0 Å². The lowest BCUT2D eigenvalue weighted by Gasteiger charge is -2.23. The van der Waals surface area contributed by atoms with Crippen molar-refractivity contribution < 1.29 is 14.6 Å². The number of hydrogen-bond donors (Lipinski definition) is 1. The second-order valence-electron chi connectivity index (χ2n) is 5.93. The number of rotatable bonds is 8. The number of likely N-dealkylation sites (N-methyl/N-ethyl adjacent to an activating group) is 1. The van der Waals surface area contributed by atoms with E-state index in [1.807, 2.05) is 38.1 Å². The Bertz CT molecular complexity index is 836. The molecule has 0 spiro atoms. The van der Waals surface area contributed by atoms with Crippen LogP contribution in [0.25, 0.3) is 0 Å². The van der Waals surface area contributed by atoms with Gasteiger partial charge in [0.1, 0.15) is 0 Å². The highest BCUT2D eigenvalue weighted by Gasteiger charge is 2.19. The van der Waals surface area contributed by atoms with E-state index in [2.05, 4.69) is 10.2 Å². The molecule has 0 atom stereocenters. The summed E-state index contributed by atoms with van der Waals surface area (Å²) in [6.07, 6.45) is 0. The Hall–Kier alpha value is -3.49.